The number of allylic oxidation sites excluding steroid dienone is 1. The molecule has 1 atom stereocenters. The van der Waals surface area contributed by atoms with Crippen LogP contribution in [0.4, 0.5) is 17.1 Å². The number of nitro benzene ring substituents is 1. The summed E-state index contributed by atoms with van der Waals surface area (Å²) in [6, 6.07) is 12.4. The van der Waals surface area contributed by atoms with E-state index in [1.165, 1.54) is 57.1 Å². The average molecular weight is 810 g/mol. The smallest absolute Gasteiger partial charge is 0.293 e. The molecule has 0 unspecified atom stereocenters. The Morgan fingerprint density at radius 3 is 2.59 bits per heavy atom. The van der Waals surface area contributed by atoms with Crippen LogP contribution in [0.25, 0.3) is 11.0 Å². The van der Waals surface area contributed by atoms with E-state index in [0.29, 0.717) is 31.2 Å². The number of carbonyl (C=O) groups excluding carboxylic acids is 1. The summed E-state index contributed by atoms with van der Waals surface area (Å²) < 4.78 is 41.1. The predicted octanol–water partition coefficient (Wildman–Crippen LogP) is 7.26. The highest BCUT2D eigenvalue weighted by Crippen LogP contribution is 2.56. The topological polar surface area (TPSA) is 172 Å². The Hall–Kier alpha value is -4.99. The summed E-state index contributed by atoms with van der Waals surface area (Å²) in [6.07, 6.45) is 14.4. The molecule has 1 amide bonds. The third kappa shape index (κ3) is 8.16. The van der Waals surface area contributed by atoms with Crippen LogP contribution < -0.4 is 19.7 Å². The minimum absolute atomic E-state index is 0.00838. The number of hydrogen-bond acceptors (Lipinski definition) is 11. The number of nitrogens with zero attached hydrogens (tertiary/aromatic N) is 4. The zero-order chi connectivity index (χ0) is 39.8. The SMILES string of the molecule is O=C(NS(=O)(=O)c1ccc(NCC2CCOCC2)c([N+](=O)[O-])c1)c1ccc(N2CCN(CC3=C([C@@H]4CC5CC4C5)CCCC3)CC2)cc1Oc1cnc2[nH]ccc2c1. The second-order valence-electron chi connectivity index (χ2n) is 16.7. The Morgan fingerprint density at radius 2 is 1.81 bits per heavy atom. The van der Waals surface area contributed by atoms with E-state index in [-0.39, 0.29) is 22.9 Å². The van der Waals surface area contributed by atoms with Crippen LogP contribution in [-0.4, -0.2) is 86.6 Å². The van der Waals surface area contributed by atoms with Gasteiger partial charge in [0, 0.05) is 81.9 Å². The number of nitro groups is 1. The Bertz CT molecular complexity index is 2330. The van der Waals surface area contributed by atoms with Gasteiger partial charge in [-0.25, -0.2) is 18.1 Å². The largest absolute Gasteiger partial charge is 0.455 e. The number of nitrogens with one attached hydrogen (secondary N) is 3. The van der Waals surface area contributed by atoms with Crippen LogP contribution >= 0.6 is 0 Å². The number of aromatic nitrogens is 2. The third-order valence-electron chi connectivity index (χ3n) is 13.1. The van der Waals surface area contributed by atoms with Crippen molar-refractivity contribution in [1.29, 1.82) is 0 Å². The van der Waals surface area contributed by atoms with Gasteiger partial charge in [0.1, 0.15) is 22.8 Å². The van der Waals surface area contributed by atoms with Gasteiger partial charge in [0.2, 0.25) is 0 Å². The maximum Gasteiger partial charge on any atom is 0.293 e. The standard InChI is InChI=1S/C43H51N7O7S/c51-43(47-58(54,55)35-6-8-39(40(24-35)50(52)53)45-25-28-10-17-56-18-11-28)37-7-5-33(23-41(37)57-34-22-30-9-12-44-42(30)46-26-34)49-15-13-48(14-16-49)27-31-3-1-2-4-36(31)38-21-29-19-32(38)20-29/h5-9,12,22-24,26,28-29,32,38,45H,1-4,10-11,13-21,25,27H2,(H,44,46)(H,47,51)/t29?,32?,38-/m1/s1. The molecule has 2 bridgehead atoms. The number of amides is 1. The van der Waals surface area contributed by atoms with Crippen LogP contribution in [0.1, 0.15) is 68.1 Å². The number of rotatable bonds is 13. The Labute approximate surface area is 338 Å². The van der Waals surface area contributed by atoms with Crippen molar-refractivity contribution in [3.63, 3.8) is 0 Å². The van der Waals surface area contributed by atoms with Gasteiger partial charge in [-0.15, -0.1) is 0 Å². The van der Waals surface area contributed by atoms with Gasteiger partial charge in [-0.05, 0) is 118 Å². The molecular weight excluding hydrogens is 759 g/mol. The van der Waals surface area contributed by atoms with Crippen LogP contribution in [0.3, 0.4) is 0 Å². The quantitative estimate of drug-likeness (QED) is 0.0705. The first kappa shape index (κ1) is 38.5. The van der Waals surface area contributed by atoms with E-state index in [2.05, 4.69) is 29.8 Å². The normalized spacial score (nSPS) is 22.8. The van der Waals surface area contributed by atoms with E-state index >= 15 is 0 Å². The molecule has 0 radical (unpaired) electrons. The molecular formula is C43H51N7O7S. The van der Waals surface area contributed by atoms with Crippen molar-refractivity contribution in [1.82, 2.24) is 19.6 Å². The van der Waals surface area contributed by atoms with Crippen molar-refractivity contribution in [3.05, 3.63) is 87.7 Å². The summed E-state index contributed by atoms with van der Waals surface area (Å²) in [5.41, 5.74) is 4.82. The fourth-order valence-corrected chi connectivity index (χ4v) is 10.8. The van der Waals surface area contributed by atoms with Gasteiger partial charge >= 0.3 is 0 Å². The lowest BCUT2D eigenvalue weighted by Crippen LogP contribution is -2.47. The molecule has 10 rings (SSSR count). The minimum Gasteiger partial charge on any atom is -0.455 e. The first-order valence-corrected chi connectivity index (χ1v) is 22.3. The molecule has 14 nitrogen and oxygen atoms in total. The number of fused-ring (bicyclic) bond motifs is 2. The van der Waals surface area contributed by atoms with Crippen molar-refractivity contribution in [3.8, 4) is 11.5 Å². The lowest BCUT2D eigenvalue weighted by Gasteiger charge is -2.38. The van der Waals surface area contributed by atoms with Crippen LogP contribution in [0.5, 0.6) is 11.5 Å². The van der Waals surface area contributed by atoms with Crippen molar-refractivity contribution in [2.75, 3.05) is 62.7 Å². The van der Waals surface area contributed by atoms with Gasteiger partial charge in [-0.1, -0.05) is 11.1 Å². The van der Waals surface area contributed by atoms with Gasteiger partial charge < -0.3 is 24.7 Å². The van der Waals surface area contributed by atoms with Crippen molar-refractivity contribution in [2.24, 2.45) is 23.7 Å². The Kier molecular flexibility index (Phi) is 10.9. The molecule has 2 aliphatic heterocycles. The molecule has 58 heavy (non-hydrogen) atoms. The third-order valence-corrected chi connectivity index (χ3v) is 14.4. The first-order chi connectivity index (χ1) is 28.2. The van der Waals surface area contributed by atoms with E-state index in [1.54, 1.807) is 41.7 Å². The number of benzene rings is 2. The predicted molar refractivity (Wildman–Crippen MR) is 221 cm³/mol. The lowest BCUT2D eigenvalue weighted by molar-refractivity contribution is -0.384. The highest BCUT2D eigenvalue weighted by Gasteiger charge is 2.46. The van der Waals surface area contributed by atoms with Crippen molar-refractivity contribution in [2.45, 2.75) is 62.7 Å². The Balaban J connectivity index is 0.920. The molecule has 306 valence electrons. The second kappa shape index (κ2) is 16.3. The van der Waals surface area contributed by atoms with Crippen LogP contribution in [0.2, 0.25) is 0 Å². The molecule has 2 aromatic carbocycles. The summed E-state index contributed by atoms with van der Waals surface area (Å²) in [5, 5.41) is 16.0. The second-order valence-corrected chi connectivity index (χ2v) is 18.4. The van der Waals surface area contributed by atoms with Gasteiger partial charge in [0.25, 0.3) is 21.6 Å². The lowest BCUT2D eigenvalue weighted by atomic mass is 9.77. The number of H-pyrrole nitrogens is 1. The van der Waals surface area contributed by atoms with Crippen LogP contribution in [-0.2, 0) is 14.8 Å². The maximum atomic E-state index is 13.9. The summed E-state index contributed by atoms with van der Waals surface area (Å²) in [4.78, 5) is 37.2. The van der Waals surface area contributed by atoms with Crippen LogP contribution in [0.15, 0.2) is 77.0 Å². The molecule has 2 saturated heterocycles. The molecule has 4 aromatic rings. The minimum atomic E-state index is -4.53. The van der Waals surface area contributed by atoms with E-state index < -0.39 is 31.4 Å². The zero-order valence-electron chi connectivity index (χ0n) is 32.7. The average Bonchev–Trinajstić information content (AvgIpc) is 3.98. The number of aromatic amines is 1. The van der Waals surface area contributed by atoms with Gasteiger partial charge in [-0.3, -0.25) is 19.8 Å². The maximum absolute atomic E-state index is 13.9. The van der Waals surface area contributed by atoms with E-state index in [1.807, 2.05) is 12.1 Å². The van der Waals surface area contributed by atoms with Gasteiger partial charge in [0.15, 0.2) is 0 Å². The highest BCUT2D eigenvalue weighted by atomic mass is 32.2. The fraction of sp³-hybridized carbons (Fsp3) is 0.488. The molecule has 4 heterocycles. The monoisotopic (exact) mass is 809 g/mol. The van der Waals surface area contributed by atoms with Crippen molar-refractivity contribution >= 4 is 44.0 Å². The summed E-state index contributed by atoms with van der Waals surface area (Å²) in [6.45, 7) is 6.23. The number of carbonyl (C=O) groups is 1. The van der Waals surface area contributed by atoms with Gasteiger partial charge in [-0.2, -0.15) is 0 Å². The van der Waals surface area contributed by atoms with E-state index in [4.69, 9.17) is 9.47 Å². The number of piperazine rings is 1. The first-order valence-electron chi connectivity index (χ1n) is 20.8. The van der Waals surface area contributed by atoms with E-state index in [9.17, 15) is 23.3 Å². The van der Waals surface area contributed by atoms with E-state index in [0.717, 1.165) is 80.5 Å². The molecule has 3 N–H and O–H groups in total. The number of anilines is 2. The molecule has 2 aromatic heterocycles. The fourth-order valence-electron chi connectivity index (χ4n) is 9.84. The molecule has 3 saturated carbocycles. The number of ether oxygens (including phenoxy) is 2. The van der Waals surface area contributed by atoms with Crippen molar-refractivity contribution < 1.29 is 27.6 Å². The molecule has 15 heteroatoms. The molecule has 0 spiro atoms. The number of hydrogen-bond donors (Lipinski definition) is 3. The summed E-state index contributed by atoms with van der Waals surface area (Å²) in [7, 11) is -4.53. The zero-order valence-corrected chi connectivity index (χ0v) is 33.5. The summed E-state index contributed by atoms with van der Waals surface area (Å²) in [5.74, 6) is 2.62. The highest BCUT2D eigenvalue weighted by molar-refractivity contribution is 7.90. The number of pyridine rings is 1. The molecule has 6 aliphatic rings. The molecule has 5 fully saturated rings. The Morgan fingerprint density at radius 1 is 1.00 bits per heavy atom. The van der Waals surface area contributed by atoms with Crippen LogP contribution in [0, 0.1) is 33.8 Å². The number of sulfonamides is 1. The summed E-state index contributed by atoms with van der Waals surface area (Å²) >= 11 is 0. The molecule has 4 aliphatic carbocycles. The van der Waals surface area contributed by atoms with Gasteiger partial charge in [0.05, 0.1) is 21.6 Å².